The van der Waals surface area contributed by atoms with Gasteiger partial charge >= 0.3 is 0 Å². The van der Waals surface area contributed by atoms with Gasteiger partial charge in [-0.25, -0.2) is 0 Å². The van der Waals surface area contributed by atoms with Crippen LogP contribution in [0.2, 0.25) is 0 Å². The molecular formula is C18H23N3O. The van der Waals surface area contributed by atoms with Crippen LogP contribution in [0.1, 0.15) is 24.0 Å². The lowest BCUT2D eigenvalue weighted by Gasteiger charge is -2.07. The Morgan fingerprint density at radius 2 is 1.59 bits per heavy atom. The van der Waals surface area contributed by atoms with Crippen LogP contribution in [0.15, 0.2) is 54.6 Å². The number of aryl methyl sites for hydroxylation is 1. The average molecular weight is 297 g/mol. The van der Waals surface area contributed by atoms with Crippen LogP contribution in [-0.4, -0.2) is 12.5 Å². The summed E-state index contributed by atoms with van der Waals surface area (Å²) in [7, 11) is 0. The zero-order valence-corrected chi connectivity index (χ0v) is 12.7. The molecule has 0 bridgehead atoms. The van der Waals surface area contributed by atoms with E-state index in [1.54, 1.807) is 0 Å². The van der Waals surface area contributed by atoms with E-state index in [0.717, 1.165) is 31.5 Å². The number of nitrogens with one attached hydrogen (secondary N) is 2. The quantitative estimate of drug-likeness (QED) is 0.518. The standard InChI is InChI=1S/C18H23N3O/c19-20-14-13-16-9-11-17(12-10-16)21-18(22)8-4-7-15-5-2-1-3-6-15/h1-3,5-6,9-12,20H,4,7-8,13-14,19H2,(H,21,22). The molecule has 4 heteroatoms. The van der Waals surface area contributed by atoms with Gasteiger partial charge in [0.05, 0.1) is 0 Å². The van der Waals surface area contributed by atoms with Gasteiger partial charge in [0, 0.05) is 18.7 Å². The highest BCUT2D eigenvalue weighted by Gasteiger charge is 2.03. The van der Waals surface area contributed by atoms with Gasteiger partial charge in [-0.2, -0.15) is 0 Å². The monoisotopic (exact) mass is 297 g/mol. The Balaban J connectivity index is 1.72. The van der Waals surface area contributed by atoms with Crippen LogP contribution < -0.4 is 16.6 Å². The van der Waals surface area contributed by atoms with Crippen LogP contribution in [0, 0.1) is 0 Å². The highest BCUT2D eigenvalue weighted by molar-refractivity contribution is 5.90. The molecule has 2 rings (SSSR count). The van der Waals surface area contributed by atoms with Crippen LogP contribution in [0.25, 0.3) is 0 Å². The number of hydrazine groups is 1. The van der Waals surface area contributed by atoms with E-state index in [0.29, 0.717) is 6.42 Å². The minimum Gasteiger partial charge on any atom is -0.326 e. The fraction of sp³-hybridized carbons (Fsp3) is 0.278. The topological polar surface area (TPSA) is 67.2 Å². The summed E-state index contributed by atoms with van der Waals surface area (Å²) in [5.41, 5.74) is 5.94. The van der Waals surface area contributed by atoms with Crippen LogP contribution >= 0.6 is 0 Å². The number of nitrogens with two attached hydrogens (primary N) is 1. The molecule has 0 unspecified atom stereocenters. The number of benzene rings is 2. The van der Waals surface area contributed by atoms with Gasteiger partial charge in [-0.1, -0.05) is 42.5 Å². The molecule has 22 heavy (non-hydrogen) atoms. The molecule has 4 nitrogen and oxygen atoms in total. The zero-order valence-electron chi connectivity index (χ0n) is 12.7. The first-order chi connectivity index (χ1) is 10.8. The van der Waals surface area contributed by atoms with E-state index in [4.69, 9.17) is 5.84 Å². The van der Waals surface area contributed by atoms with Crippen molar-refractivity contribution in [2.24, 2.45) is 5.84 Å². The van der Waals surface area contributed by atoms with Crippen LogP contribution in [0.5, 0.6) is 0 Å². The minimum absolute atomic E-state index is 0.0623. The Morgan fingerprint density at radius 1 is 0.909 bits per heavy atom. The van der Waals surface area contributed by atoms with Gasteiger partial charge in [-0.3, -0.25) is 16.1 Å². The van der Waals surface area contributed by atoms with Gasteiger partial charge in [0.1, 0.15) is 0 Å². The largest absolute Gasteiger partial charge is 0.326 e. The maximum Gasteiger partial charge on any atom is 0.224 e. The molecule has 116 valence electrons. The lowest BCUT2D eigenvalue weighted by molar-refractivity contribution is -0.116. The molecule has 2 aromatic rings. The molecule has 0 aliphatic heterocycles. The summed E-state index contributed by atoms with van der Waals surface area (Å²) >= 11 is 0. The van der Waals surface area contributed by atoms with Crippen molar-refractivity contribution in [3.63, 3.8) is 0 Å². The van der Waals surface area contributed by atoms with Crippen molar-refractivity contribution < 1.29 is 4.79 Å². The van der Waals surface area contributed by atoms with Gasteiger partial charge in [0.2, 0.25) is 5.91 Å². The predicted octanol–water partition coefficient (Wildman–Crippen LogP) is 2.65. The van der Waals surface area contributed by atoms with E-state index in [9.17, 15) is 4.79 Å². The van der Waals surface area contributed by atoms with E-state index in [-0.39, 0.29) is 5.91 Å². The van der Waals surface area contributed by atoms with E-state index in [1.165, 1.54) is 11.1 Å². The molecular weight excluding hydrogens is 274 g/mol. The third kappa shape index (κ3) is 5.68. The molecule has 0 radical (unpaired) electrons. The van der Waals surface area contributed by atoms with E-state index in [2.05, 4.69) is 22.9 Å². The lowest BCUT2D eigenvalue weighted by atomic mass is 10.1. The van der Waals surface area contributed by atoms with Crippen LogP contribution in [0.4, 0.5) is 5.69 Å². The van der Waals surface area contributed by atoms with Gasteiger partial charge < -0.3 is 5.32 Å². The SMILES string of the molecule is NNCCc1ccc(NC(=O)CCCc2ccccc2)cc1. The Morgan fingerprint density at radius 3 is 2.27 bits per heavy atom. The van der Waals surface area contributed by atoms with Gasteiger partial charge in [-0.05, 0) is 42.5 Å². The van der Waals surface area contributed by atoms with E-state index in [1.807, 2.05) is 42.5 Å². The second-order valence-corrected chi connectivity index (χ2v) is 5.29. The normalized spacial score (nSPS) is 10.4. The molecule has 1 amide bonds. The molecule has 0 saturated heterocycles. The van der Waals surface area contributed by atoms with Gasteiger partial charge in [0.15, 0.2) is 0 Å². The summed E-state index contributed by atoms with van der Waals surface area (Å²) in [6.45, 7) is 0.741. The fourth-order valence-corrected chi connectivity index (χ4v) is 2.29. The second-order valence-electron chi connectivity index (χ2n) is 5.29. The number of hydrogen-bond acceptors (Lipinski definition) is 3. The van der Waals surface area contributed by atoms with Crippen molar-refractivity contribution in [1.82, 2.24) is 5.43 Å². The summed E-state index contributed by atoms with van der Waals surface area (Å²) in [6.07, 6.45) is 3.20. The van der Waals surface area contributed by atoms with Crippen molar-refractivity contribution >= 4 is 11.6 Å². The smallest absolute Gasteiger partial charge is 0.224 e. The molecule has 0 fully saturated rings. The molecule has 0 spiro atoms. The first kappa shape index (κ1) is 16.2. The summed E-state index contributed by atoms with van der Waals surface area (Å²) < 4.78 is 0. The zero-order chi connectivity index (χ0) is 15.6. The third-order valence-corrected chi connectivity index (χ3v) is 3.51. The Bertz CT molecular complexity index is 567. The number of carbonyl (C=O) groups is 1. The Kier molecular flexibility index (Phi) is 6.61. The van der Waals surface area contributed by atoms with Crippen molar-refractivity contribution in [1.29, 1.82) is 0 Å². The number of rotatable bonds is 8. The third-order valence-electron chi connectivity index (χ3n) is 3.51. The maximum atomic E-state index is 11.9. The molecule has 2 aromatic carbocycles. The number of anilines is 1. The van der Waals surface area contributed by atoms with E-state index >= 15 is 0 Å². The molecule has 0 atom stereocenters. The lowest BCUT2D eigenvalue weighted by Crippen LogP contribution is -2.24. The second kappa shape index (κ2) is 8.97. The highest BCUT2D eigenvalue weighted by Crippen LogP contribution is 2.11. The average Bonchev–Trinajstić information content (AvgIpc) is 2.55. The minimum atomic E-state index is 0.0623. The molecule has 0 heterocycles. The van der Waals surface area contributed by atoms with E-state index < -0.39 is 0 Å². The van der Waals surface area contributed by atoms with Crippen molar-refractivity contribution in [3.8, 4) is 0 Å². The predicted molar refractivity (Wildman–Crippen MR) is 90.3 cm³/mol. The van der Waals surface area contributed by atoms with Crippen molar-refractivity contribution in [2.75, 3.05) is 11.9 Å². The molecule has 0 aromatic heterocycles. The van der Waals surface area contributed by atoms with Gasteiger partial charge in [-0.15, -0.1) is 0 Å². The summed E-state index contributed by atoms with van der Waals surface area (Å²) in [6, 6.07) is 18.1. The molecule has 0 saturated carbocycles. The summed E-state index contributed by atoms with van der Waals surface area (Å²) in [4.78, 5) is 11.9. The van der Waals surface area contributed by atoms with Crippen LogP contribution in [0.3, 0.4) is 0 Å². The molecule has 4 N–H and O–H groups in total. The summed E-state index contributed by atoms with van der Waals surface area (Å²) in [5, 5.41) is 2.93. The van der Waals surface area contributed by atoms with Crippen molar-refractivity contribution in [3.05, 3.63) is 65.7 Å². The first-order valence-corrected chi connectivity index (χ1v) is 7.64. The fourth-order valence-electron chi connectivity index (χ4n) is 2.29. The molecule has 0 aliphatic carbocycles. The van der Waals surface area contributed by atoms with Crippen LogP contribution in [-0.2, 0) is 17.6 Å². The van der Waals surface area contributed by atoms with Crippen molar-refractivity contribution in [2.45, 2.75) is 25.7 Å². The number of hydrogen-bond donors (Lipinski definition) is 3. The Labute approximate surface area is 131 Å². The number of amides is 1. The summed E-state index contributed by atoms with van der Waals surface area (Å²) in [5.74, 6) is 5.32. The first-order valence-electron chi connectivity index (χ1n) is 7.64. The highest BCUT2D eigenvalue weighted by atomic mass is 16.1. The Hall–Kier alpha value is -2.17. The van der Waals surface area contributed by atoms with Gasteiger partial charge in [0.25, 0.3) is 0 Å². The maximum absolute atomic E-state index is 11.9. The molecule has 0 aliphatic rings. The number of carbonyl (C=O) groups excluding carboxylic acids is 1.